The van der Waals surface area contributed by atoms with E-state index in [0.29, 0.717) is 62.8 Å². The van der Waals surface area contributed by atoms with E-state index in [0.717, 1.165) is 0 Å². The van der Waals surface area contributed by atoms with E-state index in [2.05, 4.69) is 0 Å². The minimum absolute atomic E-state index is 0.0649. The summed E-state index contributed by atoms with van der Waals surface area (Å²) >= 11 is 0. The van der Waals surface area contributed by atoms with Crippen LogP contribution in [0.5, 0.6) is 0 Å². The molecule has 0 saturated heterocycles. The summed E-state index contributed by atoms with van der Waals surface area (Å²) in [6, 6.07) is 1.42. The first-order valence-electron chi connectivity index (χ1n) is 15.2. The number of hydrogen-bond acceptors (Lipinski definition) is 2. The molecule has 0 spiro atoms. The zero-order valence-electron chi connectivity index (χ0n) is 25.2. The van der Waals surface area contributed by atoms with Crippen molar-refractivity contribution in [3.05, 3.63) is 57.6 Å². The van der Waals surface area contributed by atoms with Crippen LogP contribution in [0.2, 0.25) is 0 Å². The van der Waals surface area contributed by atoms with Gasteiger partial charge in [0.05, 0.1) is 0 Å². The first-order valence-corrected chi connectivity index (χ1v) is 15.2. The molecule has 4 rings (SSSR count). The molecule has 2 aliphatic rings. The van der Waals surface area contributed by atoms with Crippen molar-refractivity contribution in [3.63, 3.8) is 0 Å². The van der Waals surface area contributed by atoms with Crippen molar-refractivity contribution in [3.8, 4) is 0 Å². The van der Waals surface area contributed by atoms with Gasteiger partial charge >= 0.3 is 35.5 Å². The quantitative estimate of drug-likeness (QED) is 0.164. The Kier molecular flexibility index (Phi) is 9.42. The molecule has 0 unspecified atom stereocenters. The van der Waals surface area contributed by atoms with Crippen molar-refractivity contribution in [2.75, 3.05) is 11.5 Å². The van der Waals surface area contributed by atoms with Crippen molar-refractivity contribution < 1.29 is 52.7 Å². The van der Waals surface area contributed by atoms with Crippen molar-refractivity contribution >= 4 is 11.4 Å². The molecule has 2 aromatic rings. The highest BCUT2D eigenvalue weighted by Crippen LogP contribution is 2.64. The van der Waals surface area contributed by atoms with E-state index in [9.17, 15) is 0 Å². The van der Waals surface area contributed by atoms with E-state index in [1.807, 2.05) is 0 Å². The second kappa shape index (κ2) is 12.0. The maximum atomic E-state index is 15.4. The lowest BCUT2D eigenvalue weighted by Gasteiger charge is -2.42. The minimum Gasteiger partial charge on any atom is -0.398 e. The Morgan fingerprint density at radius 3 is 1.07 bits per heavy atom. The maximum absolute atomic E-state index is 15.4. The first kappa shape index (κ1) is 36.0. The molecule has 0 heterocycles. The highest BCUT2D eigenvalue weighted by atomic mass is 19.4. The molecule has 0 aromatic heterocycles. The summed E-state index contributed by atoms with van der Waals surface area (Å²) in [5.74, 6) is -43.4. The lowest BCUT2D eigenvalue weighted by molar-refractivity contribution is -0.429. The first-order chi connectivity index (χ1) is 21.1. The number of anilines is 2. The SMILES string of the molecule is CCCc1cc(C(F)(F)C(F)(F)C(F)(F)C(F)(F)C(F)(F)C(F)(F)c2cc(CCC)c(N)c(C3CCC3)c2)cc(C2CCC2)c1N. The second-order valence-corrected chi connectivity index (χ2v) is 12.5. The average Bonchev–Trinajstić information content (AvgIpc) is 2.90. The van der Waals surface area contributed by atoms with Crippen LogP contribution in [0.1, 0.15) is 110 Å². The van der Waals surface area contributed by atoms with Gasteiger partial charge in [0.2, 0.25) is 0 Å². The van der Waals surface area contributed by atoms with Gasteiger partial charge in [-0.3, -0.25) is 0 Å². The lowest BCUT2D eigenvalue weighted by Crippen LogP contribution is -2.69. The number of rotatable bonds is 13. The molecule has 2 nitrogen and oxygen atoms in total. The molecule has 4 N–H and O–H groups in total. The normalized spacial score (nSPS) is 17.6. The van der Waals surface area contributed by atoms with Gasteiger partial charge in [0.25, 0.3) is 0 Å². The summed E-state index contributed by atoms with van der Waals surface area (Å²) in [5.41, 5.74) is 7.65. The van der Waals surface area contributed by atoms with Crippen molar-refractivity contribution in [1.29, 1.82) is 0 Å². The van der Waals surface area contributed by atoms with Gasteiger partial charge in [-0.1, -0.05) is 39.5 Å². The number of nitrogens with two attached hydrogens (primary N) is 2. The topological polar surface area (TPSA) is 52.0 Å². The number of benzene rings is 2. The van der Waals surface area contributed by atoms with E-state index < -0.39 is 58.5 Å². The molecule has 2 fully saturated rings. The van der Waals surface area contributed by atoms with Crippen LogP contribution in [-0.2, 0) is 24.7 Å². The second-order valence-electron chi connectivity index (χ2n) is 12.5. The molecule has 2 aliphatic carbocycles. The highest BCUT2D eigenvalue weighted by molar-refractivity contribution is 5.60. The van der Waals surface area contributed by atoms with Crippen molar-refractivity contribution in [2.45, 2.75) is 125 Å². The molecular weight excluding hydrogens is 640 g/mol. The number of halogens is 12. The summed E-state index contributed by atoms with van der Waals surface area (Å²) in [5, 5.41) is 0. The number of hydrogen-bond donors (Lipinski definition) is 2. The Morgan fingerprint density at radius 1 is 0.522 bits per heavy atom. The van der Waals surface area contributed by atoms with Gasteiger partial charge in [-0.05, 0) is 96.9 Å². The zero-order valence-corrected chi connectivity index (χ0v) is 25.2. The molecule has 0 radical (unpaired) electrons. The van der Waals surface area contributed by atoms with Crippen molar-refractivity contribution in [2.24, 2.45) is 0 Å². The monoisotopic (exact) mass is 676 g/mol. The van der Waals surface area contributed by atoms with Gasteiger partial charge in [-0.2, -0.15) is 52.7 Å². The fourth-order valence-corrected chi connectivity index (χ4v) is 6.06. The number of alkyl halides is 12. The lowest BCUT2D eigenvalue weighted by atomic mass is 9.76. The molecule has 0 amide bonds. The Hall–Kier alpha value is -2.80. The Bertz CT molecular complexity index is 1320. The summed E-state index contributed by atoms with van der Waals surface area (Å²) in [6.07, 6.45) is 3.13. The van der Waals surface area contributed by atoms with Crippen LogP contribution in [0.15, 0.2) is 24.3 Å². The Morgan fingerprint density at radius 2 is 0.826 bits per heavy atom. The van der Waals surface area contributed by atoms with Crippen LogP contribution >= 0.6 is 0 Å². The predicted molar refractivity (Wildman–Crippen MR) is 150 cm³/mol. The molecule has 0 atom stereocenters. The molecule has 258 valence electrons. The van der Waals surface area contributed by atoms with Crippen LogP contribution in [0.4, 0.5) is 64.1 Å². The summed E-state index contributed by atoms with van der Waals surface area (Å²) in [7, 11) is 0. The molecule has 46 heavy (non-hydrogen) atoms. The van der Waals surface area contributed by atoms with Crippen molar-refractivity contribution in [1.82, 2.24) is 0 Å². The van der Waals surface area contributed by atoms with E-state index in [4.69, 9.17) is 11.5 Å². The van der Waals surface area contributed by atoms with Gasteiger partial charge in [0.1, 0.15) is 0 Å². The van der Waals surface area contributed by atoms with E-state index in [-0.39, 0.29) is 59.3 Å². The van der Waals surface area contributed by atoms with Gasteiger partial charge in [0, 0.05) is 22.5 Å². The summed E-state index contributed by atoms with van der Waals surface area (Å²) in [4.78, 5) is 0. The fourth-order valence-electron chi connectivity index (χ4n) is 6.06. The third kappa shape index (κ3) is 5.29. The predicted octanol–water partition coefficient (Wildman–Crippen LogP) is 10.7. The van der Waals surface area contributed by atoms with E-state index in [1.54, 1.807) is 13.8 Å². The Labute approximate surface area is 258 Å². The van der Waals surface area contributed by atoms with Gasteiger partial charge in [-0.25, -0.2) is 0 Å². The van der Waals surface area contributed by atoms with Crippen LogP contribution in [0.3, 0.4) is 0 Å². The fraction of sp³-hybridized carbons (Fsp3) is 0.625. The molecule has 2 aromatic carbocycles. The highest BCUT2D eigenvalue weighted by Gasteiger charge is 2.90. The molecular formula is C32H36F12N2. The standard InChI is InChI=1S/C32H36F12N2/c1-3-7-19-13-21(15-23(25(19)45)17-9-5-10-17)27(33,34)29(37,38)31(41,42)32(43,44)30(39,40)28(35,36)22-14-20(8-4-2)26(46)24(16-22)18-11-6-12-18/h13-18H,3-12,45-46H2,1-2H3. The van der Waals surface area contributed by atoms with Crippen LogP contribution in [-0.4, -0.2) is 23.7 Å². The van der Waals surface area contributed by atoms with Gasteiger partial charge < -0.3 is 11.5 Å². The van der Waals surface area contributed by atoms with E-state index >= 15 is 52.7 Å². The van der Waals surface area contributed by atoms with Crippen LogP contribution in [0, 0.1) is 0 Å². The minimum atomic E-state index is -7.68. The number of nitrogen functional groups attached to an aromatic ring is 2. The molecule has 14 heteroatoms. The largest absolute Gasteiger partial charge is 0.398 e. The smallest absolute Gasteiger partial charge is 0.385 e. The molecule has 2 saturated carbocycles. The van der Waals surface area contributed by atoms with Gasteiger partial charge in [0.15, 0.2) is 0 Å². The van der Waals surface area contributed by atoms with Crippen LogP contribution in [0.25, 0.3) is 0 Å². The third-order valence-electron chi connectivity index (χ3n) is 9.42. The molecule has 0 bridgehead atoms. The average molecular weight is 677 g/mol. The van der Waals surface area contributed by atoms with Gasteiger partial charge in [-0.15, -0.1) is 0 Å². The molecule has 0 aliphatic heterocycles. The summed E-state index contributed by atoms with van der Waals surface area (Å²) in [6.45, 7) is 3.14. The third-order valence-corrected chi connectivity index (χ3v) is 9.42. The van der Waals surface area contributed by atoms with Crippen LogP contribution < -0.4 is 11.5 Å². The number of aryl methyl sites for hydroxylation is 2. The summed E-state index contributed by atoms with van der Waals surface area (Å²) < 4.78 is 183. The Balaban J connectivity index is 1.80. The maximum Gasteiger partial charge on any atom is 0.385 e. The van der Waals surface area contributed by atoms with E-state index in [1.165, 1.54) is 0 Å². The zero-order chi connectivity index (χ0) is 34.7.